The topological polar surface area (TPSA) is 90.6 Å². The van der Waals surface area contributed by atoms with Crippen LogP contribution in [0.1, 0.15) is 17.0 Å². The number of hydrogen-bond donors (Lipinski definition) is 1. The van der Waals surface area contributed by atoms with Crippen molar-refractivity contribution < 1.29 is 14.3 Å². The molecule has 0 saturated carbocycles. The van der Waals surface area contributed by atoms with Crippen molar-refractivity contribution in [3.05, 3.63) is 41.2 Å². The summed E-state index contributed by atoms with van der Waals surface area (Å²) in [6.45, 7) is 4.61. The van der Waals surface area contributed by atoms with E-state index in [0.717, 1.165) is 28.5 Å². The molecule has 0 aliphatic rings. The summed E-state index contributed by atoms with van der Waals surface area (Å²) < 4.78 is 12.4. The molecule has 0 aliphatic heterocycles. The van der Waals surface area contributed by atoms with Gasteiger partial charge >= 0.3 is 0 Å². The third kappa shape index (κ3) is 4.53. The van der Waals surface area contributed by atoms with Gasteiger partial charge in [-0.1, -0.05) is 11.8 Å². The lowest BCUT2D eigenvalue weighted by Crippen LogP contribution is -2.30. The molecule has 0 fully saturated rings. The van der Waals surface area contributed by atoms with E-state index < -0.39 is 0 Å². The van der Waals surface area contributed by atoms with E-state index >= 15 is 0 Å². The third-order valence-corrected chi connectivity index (χ3v) is 4.84. The lowest BCUT2D eigenvalue weighted by atomic mass is 10.1. The summed E-state index contributed by atoms with van der Waals surface area (Å²) in [6.07, 6.45) is 2.15. The molecule has 3 aromatic rings. The zero-order valence-electron chi connectivity index (χ0n) is 16.4. The molecule has 28 heavy (non-hydrogen) atoms. The van der Waals surface area contributed by atoms with Gasteiger partial charge in [-0.3, -0.25) is 4.79 Å². The van der Waals surface area contributed by atoms with Gasteiger partial charge in [0.25, 0.3) is 5.78 Å². The van der Waals surface area contributed by atoms with Gasteiger partial charge in [0.15, 0.2) is 0 Å². The second-order valence-electron chi connectivity index (χ2n) is 6.12. The average molecular weight is 401 g/mol. The maximum Gasteiger partial charge on any atom is 0.253 e. The van der Waals surface area contributed by atoms with Crippen molar-refractivity contribution in [2.45, 2.75) is 25.4 Å². The summed E-state index contributed by atoms with van der Waals surface area (Å²) in [7, 11) is 1.62. The van der Waals surface area contributed by atoms with Crippen molar-refractivity contribution in [3.8, 4) is 11.5 Å². The number of benzene rings is 1. The molecular formula is C19H23N5O3S. The van der Waals surface area contributed by atoms with Crippen molar-refractivity contribution in [2.75, 3.05) is 26.5 Å². The van der Waals surface area contributed by atoms with Gasteiger partial charge in [0, 0.05) is 17.0 Å². The highest BCUT2D eigenvalue weighted by Crippen LogP contribution is 2.18. The maximum absolute atomic E-state index is 12.3. The number of aromatic nitrogens is 4. The molecule has 3 rings (SSSR count). The normalized spacial score (nSPS) is 10.9. The molecule has 0 atom stereocenters. The molecule has 0 bridgehead atoms. The number of carbonyl (C=O) groups is 1. The Morgan fingerprint density at radius 3 is 2.57 bits per heavy atom. The molecule has 0 radical (unpaired) electrons. The zero-order valence-corrected chi connectivity index (χ0v) is 17.2. The van der Waals surface area contributed by atoms with Crippen molar-refractivity contribution in [1.82, 2.24) is 24.9 Å². The van der Waals surface area contributed by atoms with Crippen LogP contribution in [0, 0.1) is 13.8 Å². The SMILES string of the molecule is COc1ccc(OCCNC(=O)Cc2c(C)nc3nc(SC)nn3c2C)cc1. The average Bonchev–Trinajstić information content (AvgIpc) is 3.12. The number of fused-ring (bicyclic) bond motifs is 1. The van der Waals surface area contributed by atoms with E-state index in [0.29, 0.717) is 24.1 Å². The minimum atomic E-state index is -0.0871. The third-order valence-electron chi connectivity index (χ3n) is 4.30. The van der Waals surface area contributed by atoms with Gasteiger partial charge in [0.1, 0.15) is 18.1 Å². The number of aryl methyl sites for hydroxylation is 2. The molecule has 8 nitrogen and oxygen atoms in total. The summed E-state index contributed by atoms with van der Waals surface area (Å²) in [4.78, 5) is 21.2. The highest BCUT2D eigenvalue weighted by molar-refractivity contribution is 7.98. The van der Waals surface area contributed by atoms with Crippen LogP contribution in [-0.4, -0.2) is 52.0 Å². The molecule has 1 N–H and O–H groups in total. The van der Waals surface area contributed by atoms with Crippen LogP contribution in [0.2, 0.25) is 0 Å². The minimum Gasteiger partial charge on any atom is -0.497 e. The summed E-state index contributed by atoms with van der Waals surface area (Å²) in [6, 6.07) is 7.31. The fraction of sp³-hybridized carbons (Fsp3) is 0.368. The molecule has 1 aromatic carbocycles. The van der Waals surface area contributed by atoms with Crippen molar-refractivity contribution in [3.63, 3.8) is 0 Å². The van der Waals surface area contributed by atoms with E-state index in [9.17, 15) is 4.79 Å². The molecule has 0 spiro atoms. The lowest BCUT2D eigenvalue weighted by molar-refractivity contribution is -0.120. The number of amides is 1. The minimum absolute atomic E-state index is 0.0871. The lowest BCUT2D eigenvalue weighted by Gasteiger charge is -2.11. The Hall–Kier alpha value is -2.81. The quantitative estimate of drug-likeness (QED) is 0.457. The number of rotatable bonds is 8. The Kier molecular flexibility index (Phi) is 6.35. The number of hydrogen-bond acceptors (Lipinski definition) is 7. The first-order valence-corrected chi connectivity index (χ1v) is 10.0. The van der Waals surface area contributed by atoms with Crippen molar-refractivity contribution in [1.29, 1.82) is 0 Å². The molecule has 2 aromatic heterocycles. The van der Waals surface area contributed by atoms with Crippen molar-refractivity contribution in [2.24, 2.45) is 0 Å². The second-order valence-corrected chi connectivity index (χ2v) is 6.90. The number of nitrogens with zero attached hydrogens (tertiary/aromatic N) is 4. The van der Waals surface area contributed by atoms with Gasteiger partial charge in [-0.15, -0.1) is 5.10 Å². The van der Waals surface area contributed by atoms with Crippen LogP contribution in [0.5, 0.6) is 11.5 Å². The van der Waals surface area contributed by atoms with E-state index in [-0.39, 0.29) is 12.3 Å². The number of nitrogens with one attached hydrogen (secondary N) is 1. The van der Waals surface area contributed by atoms with E-state index in [1.54, 1.807) is 11.6 Å². The Bertz CT molecular complexity index is 972. The Morgan fingerprint density at radius 2 is 1.89 bits per heavy atom. The number of carbonyl (C=O) groups excluding carboxylic acids is 1. The summed E-state index contributed by atoms with van der Waals surface area (Å²) in [5.74, 6) is 1.97. The standard InChI is InChI=1S/C19H23N5O3S/c1-12-16(13(2)24-18(21-12)22-19(23-24)28-4)11-17(25)20-9-10-27-15-7-5-14(26-3)6-8-15/h5-8H,9-11H2,1-4H3,(H,20,25). The molecule has 1 amide bonds. The van der Waals surface area contributed by atoms with Gasteiger partial charge in [-0.2, -0.15) is 4.98 Å². The fourth-order valence-corrected chi connectivity index (χ4v) is 3.12. The van der Waals surface area contributed by atoms with Crippen LogP contribution in [0.3, 0.4) is 0 Å². The molecule has 0 saturated heterocycles. The first kappa shape index (κ1) is 19.9. The first-order chi connectivity index (χ1) is 13.5. The summed E-state index contributed by atoms with van der Waals surface area (Å²) in [5, 5.41) is 7.94. The number of thioether (sulfide) groups is 1. The van der Waals surface area contributed by atoms with Crippen LogP contribution in [0.15, 0.2) is 29.4 Å². The Balaban J connectivity index is 1.55. The highest BCUT2D eigenvalue weighted by Gasteiger charge is 2.15. The van der Waals surface area contributed by atoms with E-state index in [1.807, 2.05) is 44.4 Å². The van der Waals surface area contributed by atoms with E-state index in [1.165, 1.54) is 11.8 Å². The molecule has 0 aliphatic carbocycles. The van der Waals surface area contributed by atoms with Gasteiger partial charge < -0.3 is 14.8 Å². The Morgan fingerprint density at radius 1 is 1.18 bits per heavy atom. The number of methoxy groups -OCH3 is 1. The number of ether oxygens (including phenoxy) is 2. The largest absolute Gasteiger partial charge is 0.497 e. The predicted octanol–water partition coefficient (Wildman–Crippen LogP) is 2.21. The monoisotopic (exact) mass is 401 g/mol. The smallest absolute Gasteiger partial charge is 0.253 e. The maximum atomic E-state index is 12.3. The van der Waals surface area contributed by atoms with E-state index in [2.05, 4.69) is 20.4 Å². The molecule has 2 heterocycles. The molecule has 9 heteroatoms. The zero-order chi connectivity index (χ0) is 20.1. The van der Waals surface area contributed by atoms with Crippen LogP contribution in [0.25, 0.3) is 5.78 Å². The van der Waals surface area contributed by atoms with Crippen LogP contribution < -0.4 is 14.8 Å². The Labute approximate surface area is 167 Å². The highest BCUT2D eigenvalue weighted by atomic mass is 32.2. The van der Waals surface area contributed by atoms with Gasteiger partial charge in [-0.05, 0) is 44.4 Å². The molecule has 0 unspecified atom stereocenters. The van der Waals surface area contributed by atoms with Crippen molar-refractivity contribution >= 4 is 23.4 Å². The summed E-state index contributed by atoms with van der Waals surface area (Å²) >= 11 is 1.46. The van der Waals surface area contributed by atoms with E-state index in [4.69, 9.17) is 9.47 Å². The summed E-state index contributed by atoms with van der Waals surface area (Å²) in [5.41, 5.74) is 2.52. The molecular weight excluding hydrogens is 378 g/mol. The van der Waals surface area contributed by atoms with Crippen LogP contribution >= 0.6 is 11.8 Å². The van der Waals surface area contributed by atoms with Crippen LogP contribution in [0.4, 0.5) is 0 Å². The van der Waals surface area contributed by atoms with Gasteiger partial charge in [0.05, 0.1) is 20.1 Å². The first-order valence-electron chi connectivity index (χ1n) is 8.82. The fourth-order valence-electron chi connectivity index (χ4n) is 2.79. The second kappa shape index (κ2) is 8.92. The van der Waals surface area contributed by atoms with Gasteiger partial charge in [0.2, 0.25) is 11.1 Å². The van der Waals surface area contributed by atoms with Gasteiger partial charge in [-0.25, -0.2) is 9.50 Å². The van der Waals surface area contributed by atoms with Crippen LogP contribution in [-0.2, 0) is 11.2 Å². The molecule has 148 valence electrons. The predicted molar refractivity (Wildman–Crippen MR) is 107 cm³/mol.